The third-order valence-electron chi connectivity index (χ3n) is 4.69. The number of phenolic OH excluding ortho intramolecular Hbond substituents is 2. The Labute approximate surface area is 260 Å². The van der Waals surface area contributed by atoms with Crippen molar-refractivity contribution in [1.29, 1.82) is 0 Å². The molecule has 0 aliphatic heterocycles. The molecular formula is C20H6F3I4NaO5+2. The van der Waals surface area contributed by atoms with Crippen LogP contribution in [0.15, 0.2) is 22.6 Å². The van der Waals surface area contributed by atoms with Gasteiger partial charge < -0.3 is 15.3 Å². The summed E-state index contributed by atoms with van der Waals surface area (Å²) in [5.74, 6) is -7.29. The van der Waals surface area contributed by atoms with Gasteiger partial charge in [-0.3, -0.25) is 0 Å². The van der Waals surface area contributed by atoms with Gasteiger partial charge in [0, 0.05) is 11.1 Å². The molecule has 13 heteroatoms. The second-order valence-electron chi connectivity index (χ2n) is 6.49. The zero-order valence-corrected chi connectivity index (χ0v) is 26.7. The molecule has 3 N–H and O–H groups in total. The molecule has 1 aromatic heterocycles. The quantitative estimate of drug-likeness (QED) is 0.0909. The maximum absolute atomic E-state index is 14.6. The van der Waals surface area contributed by atoms with Crippen LogP contribution in [0.5, 0.6) is 11.5 Å². The maximum Gasteiger partial charge on any atom is 1.00 e. The second kappa shape index (κ2) is 10.2. The summed E-state index contributed by atoms with van der Waals surface area (Å²) in [4.78, 5) is 11.9. The zero-order chi connectivity index (χ0) is 23.6. The number of halogens is 7. The predicted molar refractivity (Wildman–Crippen MR) is 145 cm³/mol. The monoisotopic (exact) mass is 914 g/mol. The minimum absolute atomic E-state index is 0. The van der Waals surface area contributed by atoms with Crippen LogP contribution in [0.3, 0.4) is 0 Å². The third kappa shape index (κ3) is 4.54. The van der Waals surface area contributed by atoms with Gasteiger partial charge in [0.15, 0.2) is 36.1 Å². The molecule has 1 heterocycles. The normalized spacial score (nSPS) is 11.1. The Morgan fingerprint density at radius 2 is 1.27 bits per heavy atom. The van der Waals surface area contributed by atoms with Gasteiger partial charge >= 0.3 is 46.7 Å². The van der Waals surface area contributed by atoms with Crippen molar-refractivity contribution in [2.24, 2.45) is 0 Å². The first kappa shape index (κ1) is 27.7. The first-order chi connectivity index (χ1) is 15.0. The molecule has 0 spiro atoms. The molecule has 0 saturated carbocycles. The fourth-order valence-corrected chi connectivity index (χ4v) is 6.87. The van der Waals surface area contributed by atoms with Crippen LogP contribution < -0.4 is 29.6 Å². The summed E-state index contributed by atoms with van der Waals surface area (Å²) in [5, 5.41) is 30.9. The molecule has 0 aliphatic rings. The van der Waals surface area contributed by atoms with Crippen LogP contribution in [0.4, 0.5) is 13.2 Å². The Morgan fingerprint density at radius 1 is 0.818 bits per heavy atom. The number of fused-ring (bicyclic) bond motifs is 2. The summed E-state index contributed by atoms with van der Waals surface area (Å²) in [5.41, 5.74) is -1.19. The largest absolute Gasteiger partial charge is 1.00 e. The van der Waals surface area contributed by atoms with E-state index >= 15 is 0 Å². The predicted octanol–water partition coefficient (Wildman–Crippen LogP) is 4.48. The van der Waals surface area contributed by atoms with Gasteiger partial charge in [-0.05, 0) is 109 Å². The fraction of sp³-hybridized carbons (Fsp3) is 0. The Hall–Kier alpha value is 0.110. The van der Waals surface area contributed by atoms with Gasteiger partial charge in [-0.15, -0.1) is 0 Å². The topological polar surface area (TPSA) is 89.1 Å². The van der Waals surface area contributed by atoms with Crippen LogP contribution in [0.25, 0.3) is 33.1 Å². The molecule has 0 amide bonds. The van der Waals surface area contributed by atoms with Crippen LogP contribution in [0.1, 0.15) is 10.4 Å². The molecule has 0 bridgehead atoms. The number of aromatic hydroxyl groups is 2. The number of carboxylic acid groups (broad SMARTS) is 1. The minimum Gasteiger partial charge on any atom is -0.505 e. The molecule has 0 fully saturated rings. The van der Waals surface area contributed by atoms with Crippen molar-refractivity contribution in [3.05, 3.63) is 55.5 Å². The average Bonchev–Trinajstić information content (AvgIpc) is 2.73. The van der Waals surface area contributed by atoms with E-state index in [1.54, 1.807) is 0 Å². The zero-order valence-electron chi connectivity index (χ0n) is 16.0. The molecule has 164 valence electrons. The Balaban J connectivity index is 0.00000306. The molecule has 3 aromatic carbocycles. The van der Waals surface area contributed by atoms with Gasteiger partial charge in [-0.2, -0.15) is 0 Å². The molecule has 5 nitrogen and oxygen atoms in total. The van der Waals surface area contributed by atoms with E-state index in [1.165, 1.54) is 12.1 Å². The summed E-state index contributed by atoms with van der Waals surface area (Å²) in [7, 11) is 0. The van der Waals surface area contributed by atoms with Crippen molar-refractivity contribution in [1.82, 2.24) is 0 Å². The first-order valence-corrected chi connectivity index (χ1v) is 12.7. The molecule has 0 saturated heterocycles. The molecule has 0 unspecified atom stereocenters. The standard InChI is InChI=1S/C20H5F3I4O5.Na/c21-7-1-4(11(20(30)31)13(23)12(7)22)10-5-2-8(24)16(28)14(26)18(5)32-19-6(10)3-9(25)17(29)15(19)27;/h1-3H,(H2-,28,29,30,31);/q;+1/p+1. The van der Waals surface area contributed by atoms with Crippen LogP contribution in [-0.4, -0.2) is 21.3 Å². The van der Waals surface area contributed by atoms with Crippen LogP contribution >= 0.6 is 90.4 Å². The van der Waals surface area contributed by atoms with E-state index in [-0.39, 0.29) is 75.7 Å². The first-order valence-electron chi connectivity index (χ1n) is 8.34. The number of hydrogen-bond donors (Lipinski definition) is 3. The van der Waals surface area contributed by atoms with E-state index in [0.29, 0.717) is 13.2 Å². The van der Waals surface area contributed by atoms with Gasteiger partial charge in [-0.1, -0.05) is 0 Å². The van der Waals surface area contributed by atoms with E-state index in [9.17, 15) is 33.3 Å². The number of aromatic carboxylic acids is 1. The van der Waals surface area contributed by atoms with Gasteiger partial charge in [0.25, 0.3) is 0 Å². The van der Waals surface area contributed by atoms with Gasteiger partial charge in [-0.25, -0.2) is 22.4 Å². The van der Waals surface area contributed by atoms with Gasteiger partial charge in [0.05, 0.1) is 17.9 Å². The van der Waals surface area contributed by atoms with Gasteiger partial charge in [0.2, 0.25) is 0 Å². The number of hydrogen-bond acceptors (Lipinski definition) is 3. The van der Waals surface area contributed by atoms with E-state index in [4.69, 9.17) is 4.42 Å². The average molecular weight is 914 g/mol. The number of carboxylic acids is 1. The van der Waals surface area contributed by atoms with Crippen LogP contribution in [0.2, 0.25) is 0 Å². The fourth-order valence-electron chi connectivity index (χ4n) is 3.29. The van der Waals surface area contributed by atoms with E-state index in [2.05, 4.69) is 0 Å². The Kier molecular flexibility index (Phi) is 8.59. The second-order valence-corrected chi connectivity index (χ2v) is 11.0. The number of phenols is 2. The summed E-state index contributed by atoms with van der Waals surface area (Å²) < 4.78 is 50.1. The molecule has 0 aliphatic carbocycles. The minimum atomic E-state index is -1.90. The van der Waals surface area contributed by atoms with Crippen LogP contribution in [0, 0.1) is 31.7 Å². The van der Waals surface area contributed by atoms with E-state index < -0.39 is 34.5 Å². The summed E-state index contributed by atoms with van der Waals surface area (Å²) >= 11 is 7.36. The van der Waals surface area contributed by atoms with Crippen molar-refractivity contribution in [3.8, 4) is 22.6 Å². The van der Waals surface area contributed by atoms with E-state index in [1.807, 2.05) is 90.4 Å². The molecule has 33 heavy (non-hydrogen) atoms. The number of carbonyl (C=O) groups is 1. The van der Waals surface area contributed by atoms with E-state index in [0.717, 1.165) is 0 Å². The molecular weight excluding hydrogens is 908 g/mol. The number of rotatable bonds is 2. The summed E-state index contributed by atoms with van der Waals surface area (Å²) in [6.45, 7) is 0. The van der Waals surface area contributed by atoms with Crippen LogP contribution in [-0.2, 0) is 0 Å². The van der Waals surface area contributed by atoms with Crippen molar-refractivity contribution in [2.75, 3.05) is 0 Å². The maximum atomic E-state index is 14.6. The molecule has 0 radical (unpaired) electrons. The summed E-state index contributed by atoms with van der Waals surface area (Å²) in [6.07, 6.45) is 0. The third-order valence-corrected chi connectivity index (χ3v) is 8.33. The summed E-state index contributed by atoms with van der Waals surface area (Å²) in [6, 6.07) is 3.57. The van der Waals surface area contributed by atoms with Crippen molar-refractivity contribution < 1.29 is 67.3 Å². The van der Waals surface area contributed by atoms with Crippen molar-refractivity contribution in [2.45, 2.75) is 0 Å². The smallest absolute Gasteiger partial charge is 0.505 e. The molecule has 0 atom stereocenters. The molecule has 4 rings (SSSR count). The number of benzene rings is 3. The van der Waals surface area contributed by atoms with Crippen molar-refractivity contribution in [3.63, 3.8) is 0 Å². The Bertz CT molecular complexity index is 1440. The van der Waals surface area contributed by atoms with Gasteiger partial charge in [0.1, 0.15) is 5.56 Å². The molecule has 4 aromatic rings. The SMILES string of the molecule is O=C(O)c1c(-c2c3cc(I)c(O)c(I)c3[o+]c3c(I)c(O)c(I)cc23)cc(F)c(F)c1F.[Na+]. The van der Waals surface area contributed by atoms with Crippen molar-refractivity contribution >= 4 is 118 Å². The Morgan fingerprint density at radius 3 is 1.70 bits per heavy atom.